The number of nitrogens with zero attached hydrogens (tertiary/aromatic N) is 5. The van der Waals surface area contributed by atoms with Crippen molar-refractivity contribution in [1.82, 2.24) is 10.1 Å². The number of aromatic nitrogens is 2. The zero-order valence-corrected chi connectivity index (χ0v) is 20.0. The van der Waals surface area contributed by atoms with Gasteiger partial charge in [-0.2, -0.15) is 5.26 Å². The molecule has 0 radical (unpaired) electrons. The second kappa shape index (κ2) is 10.5. The normalized spacial score (nSPS) is 15.2. The summed E-state index contributed by atoms with van der Waals surface area (Å²) in [4.78, 5) is 29.0. The van der Waals surface area contributed by atoms with Crippen LogP contribution in [0.3, 0.4) is 0 Å². The molecule has 1 aromatic carbocycles. The number of morpholine rings is 1. The molecule has 1 aliphatic carbocycles. The summed E-state index contributed by atoms with van der Waals surface area (Å²) < 4.78 is 16.2. The van der Waals surface area contributed by atoms with Crippen LogP contribution in [-0.2, 0) is 9.53 Å². The monoisotopic (exact) mass is 515 g/mol. The lowest BCUT2D eigenvalue weighted by atomic mass is 10.0. The highest BCUT2D eigenvalue weighted by Crippen LogP contribution is 2.34. The summed E-state index contributed by atoms with van der Waals surface area (Å²) in [6, 6.07) is 13.1. The number of carbonyl (C=O) groups is 1. The molecule has 12 heteroatoms. The van der Waals surface area contributed by atoms with Gasteiger partial charge in [0, 0.05) is 47.6 Å². The van der Waals surface area contributed by atoms with E-state index in [9.17, 15) is 25.3 Å². The lowest BCUT2D eigenvalue weighted by Crippen LogP contribution is -2.36. The molecule has 0 spiro atoms. The fourth-order valence-electron chi connectivity index (χ4n) is 4.34. The summed E-state index contributed by atoms with van der Waals surface area (Å²) >= 11 is 0. The third-order valence-electron chi connectivity index (χ3n) is 6.29. The first kappa shape index (κ1) is 24.7. The standard InChI is InChI=1S/C26H21N5O7/c27-14-22-21(23-5-8-38-29-23)13-24(16-1-3-18(4-2-16)30-6-9-36-10-7-30)28-25(22)37-15-17-11-19(31(34)35)12-20(17)26(32)33/h1-5,8,11,13H,6-7,9-10,12,15H2,(H,32,33). The maximum atomic E-state index is 11.6. The smallest absolute Gasteiger partial charge is 0.332 e. The molecule has 5 rings (SSSR count). The van der Waals surface area contributed by atoms with Crippen LogP contribution in [0, 0.1) is 21.4 Å². The average Bonchev–Trinajstić information content (AvgIpc) is 3.63. The van der Waals surface area contributed by atoms with E-state index in [2.05, 4.69) is 21.1 Å². The van der Waals surface area contributed by atoms with Crippen molar-refractivity contribution in [3.63, 3.8) is 0 Å². The van der Waals surface area contributed by atoms with E-state index in [1.807, 2.05) is 24.3 Å². The quantitative estimate of drug-likeness (QED) is 0.345. The number of nitriles is 1. The molecule has 1 aliphatic heterocycles. The largest absolute Gasteiger partial charge is 0.478 e. The van der Waals surface area contributed by atoms with Crippen LogP contribution >= 0.6 is 0 Å². The van der Waals surface area contributed by atoms with E-state index in [0.717, 1.165) is 24.3 Å². The van der Waals surface area contributed by atoms with Crippen molar-refractivity contribution in [2.75, 3.05) is 37.8 Å². The van der Waals surface area contributed by atoms with E-state index in [1.54, 1.807) is 12.1 Å². The number of carboxylic acid groups (broad SMARTS) is 1. The third-order valence-corrected chi connectivity index (χ3v) is 6.29. The molecule has 3 aromatic rings. The van der Waals surface area contributed by atoms with Gasteiger partial charge in [-0.1, -0.05) is 17.3 Å². The molecule has 0 saturated carbocycles. The first-order valence-corrected chi connectivity index (χ1v) is 11.7. The highest BCUT2D eigenvalue weighted by atomic mass is 16.6. The van der Waals surface area contributed by atoms with E-state index in [-0.39, 0.29) is 41.3 Å². The van der Waals surface area contributed by atoms with Gasteiger partial charge in [-0.05, 0) is 18.2 Å². The molecule has 1 saturated heterocycles. The number of allylic oxidation sites excluding steroid dienone is 1. The van der Waals surface area contributed by atoms with Crippen molar-refractivity contribution in [3.05, 3.63) is 81.3 Å². The highest BCUT2D eigenvalue weighted by molar-refractivity contribution is 5.90. The Hall–Kier alpha value is -5.02. The first-order valence-electron chi connectivity index (χ1n) is 11.7. The molecule has 3 heterocycles. The molecule has 1 fully saturated rings. The summed E-state index contributed by atoms with van der Waals surface area (Å²) in [5.41, 5.74) is 2.92. The Balaban J connectivity index is 1.51. The van der Waals surface area contributed by atoms with Crippen LogP contribution in [0.25, 0.3) is 22.5 Å². The van der Waals surface area contributed by atoms with Crippen molar-refractivity contribution in [2.45, 2.75) is 6.42 Å². The Bertz CT molecular complexity index is 1480. The number of nitro groups is 1. The average molecular weight is 515 g/mol. The van der Waals surface area contributed by atoms with Crippen molar-refractivity contribution < 1.29 is 28.8 Å². The molecule has 0 atom stereocenters. The van der Waals surface area contributed by atoms with Crippen LogP contribution in [0.2, 0.25) is 0 Å². The minimum atomic E-state index is -1.28. The van der Waals surface area contributed by atoms with Gasteiger partial charge < -0.3 is 24.0 Å². The van der Waals surface area contributed by atoms with Crippen LogP contribution < -0.4 is 9.64 Å². The minimum Gasteiger partial charge on any atom is -0.478 e. The Morgan fingerprint density at radius 3 is 2.61 bits per heavy atom. The summed E-state index contributed by atoms with van der Waals surface area (Å²) in [6.07, 6.45) is 2.24. The van der Waals surface area contributed by atoms with Crippen LogP contribution in [0.5, 0.6) is 5.88 Å². The molecule has 12 nitrogen and oxygen atoms in total. The van der Waals surface area contributed by atoms with E-state index in [0.29, 0.717) is 30.2 Å². The number of hydrogen-bond donors (Lipinski definition) is 1. The van der Waals surface area contributed by atoms with Crippen molar-refractivity contribution in [2.24, 2.45) is 0 Å². The Labute approximate surface area is 216 Å². The molecule has 0 unspecified atom stereocenters. The number of carboxylic acids is 1. The van der Waals surface area contributed by atoms with Gasteiger partial charge in [0.05, 0.1) is 35.8 Å². The molecule has 1 N–H and O–H groups in total. The molecular weight excluding hydrogens is 494 g/mol. The number of hydrogen-bond acceptors (Lipinski definition) is 10. The van der Waals surface area contributed by atoms with Gasteiger partial charge in [0.2, 0.25) is 5.88 Å². The zero-order valence-electron chi connectivity index (χ0n) is 20.0. The summed E-state index contributed by atoms with van der Waals surface area (Å²) in [6.45, 7) is 2.60. The number of anilines is 1. The predicted octanol–water partition coefficient (Wildman–Crippen LogP) is 3.44. The first-order chi connectivity index (χ1) is 18.4. The summed E-state index contributed by atoms with van der Waals surface area (Å²) in [7, 11) is 0. The van der Waals surface area contributed by atoms with Crippen molar-refractivity contribution >= 4 is 11.7 Å². The maximum absolute atomic E-state index is 11.6. The highest BCUT2D eigenvalue weighted by Gasteiger charge is 2.29. The second-order valence-electron chi connectivity index (χ2n) is 8.55. The molecule has 2 aromatic heterocycles. The maximum Gasteiger partial charge on any atom is 0.332 e. The van der Waals surface area contributed by atoms with E-state index < -0.39 is 10.9 Å². The van der Waals surface area contributed by atoms with Crippen LogP contribution in [0.15, 0.2) is 70.1 Å². The van der Waals surface area contributed by atoms with Crippen molar-refractivity contribution in [1.29, 1.82) is 5.26 Å². The number of rotatable bonds is 8. The fourth-order valence-corrected chi connectivity index (χ4v) is 4.34. The molecule has 0 amide bonds. The molecule has 192 valence electrons. The lowest BCUT2D eigenvalue weighted by Gasteiger charge is -2.28. The fraction of sp³-hybridized carbons (Fsp3) is 0.231. The van der Waals surface area contributed by atoms with Gasteiger partial charge in [0.15, 0.2) is 0 Å². The Kier molecular flexibility index (Phi) is 6.84. The minimum absolute atomic E-state index is 0.0551. The number of benzene rings is 1. The Morgan fingerprint density at radius 1 is 1.21 bits per heavy atom. The van der Waals surface area contributed by atoms with Crippen LogP contribution in [0.4, 0.5) is 5.69 Å². The Morgan fingerprint density at radius 2 is 1.97 bits per heavy atom. The summed E-state index contributed by atoms with van der Waals surface area (Å²) in [5, 5.41) is 34.6. The van der Waals surface area contributed by atoms with Gasteiger partial charge in [0.25, 0.3) is 5.70 Å². The number of pyridine rings is 1. The van der Waals surface area contributed by atoms with Crippen LogP contribution in [0.1, 0.15) is 12.0 Å². The van der Waals surface area contributed by atoms with Gasteiger partial charge in [-0.3, -0.25) is 10.1 Å². The lowest BCUT2D eigenvalue weighted by molar-refractivity contribution is -0.426. The molecule has 0 bridgehead atoms. The van der Waals surface area contributed by atoms with Gasteiger partial charge in [-0.15, -0.1) is 0 Å². The molecule has 38 heavy (non-hydrogen) atoms. The zero-order chi connectivity index (χ0) is 26.6. The molecular formula is C26H21N5O7. The van der Waals surface area contributed by atoms with E-state index in [1.165, 1.54) is 12.3 Å². The van der Waals surface area contributed by atoms with E-state index >= 15 is 0 Å². The topological polar surface area (TPSA) is 165 Å². The number of aliphatic carboxylic acids is 1. The second-order valence-corrected chi connectivity index (χ2v) is 8.55. The van der Waals surface area contributed by atoms with Crippen molar-refractivity contribution in [3.8, 4) is 34.5 Å². The molecule has 2 aliphatic rings. The SMILES string of the molecule is N#Cc1c(-c2ccon2)cc(-c2ccc(N3CCOCC3)cc2)nc1OCC1=C(C(=O)O)CC([N+](=O)[O-])=C1. The van der Waals surface area contributed by atoms with Gasteiger partial charge in [-0.25, -0.2) is 9.78 Å². The third kappa shape index (κ3) is 4.95. The number of ether oxygens (including phenoxy) is 2. The summed E-state index contributed by atoms with van der Waals surface area (Å²) in [5.74, 6) is -1.33. The van der Waals surface area contributed by atoms with Gasteiger partial charge >= 0.3 is 5.97 Å². The predicted molar refractivity (Wildman–Crippen MR) is 133 cm³/mol. The van der Waals surface area contributed by atoms with E-state index in [4.69, 9.17) is 14.0 Å². The van der Waals surface area contributed by atoms with Gasteiger partial charge in [0.1, 0.15) is 30.2 Å². The van der Waals surface area contributed by atoms with Crippen LogP contribution in [-0.4, -0.2) is 59.0 Å².